The highest BCUT2D eigenvalue weighted by molar-refractivity contribution is 6.07. The van der Waals surface area contributed by atoms with Crippen LogP contribution >= 0.6 is 0 Å². The molecule has 452 valence electrons. The molecule has 0 saturated heterocycles. The molecule has 11 rings (SSSR count). The molecule has 0 amide bonds. The zero-order valence-electron chi connectivity index (χ0n) is 55.7. The molecule has 10 heteroatoms. The molecule has 7 aliphatic rings. The van der Waals surface area contributed by atoms with E-state index in [0.717, 1.165) is 55.6 Å². The summed E-state index contributed by atoms with van der Waals surface area (Å²) < 4.78 is 59.9. The zero-order valence-corrected chi connectivity index (χ0v) is 55.7. The maximum absolute atomic E-state index is 16.9. The average Bonchev–Trinajstić information content (AvgIpc) is 1.19. The van der Waals surface area contributed by atoms with Crippen LogP contribution in [0.1, 0.15) is 222 Å². The van der Waals surface area contributed by atoms with Crippen molar-refractivity contribution in [3.63, 3.8) is 0 Å². The first-order valence-corrected chi connectivity index (χ1v) is 30.7. The first kappa shape index (κ1) is 59.8. The minimum atomic E-state index is -1.66. The van der Waals surface area contributed by atoms with E-state index in [1.54, 1.807) is 14.2 Å². The first-order chi connectivity index (χ1) is 38.3. The van der Waals surface area contributed by atoms with E-state index in [4.69, 9.17) is 37.9 Å². The topological polar surface area (TPSA) is 108 Å². The van der Waals surface area contributed by atoms with Gasteiger partial charge in [-0.2, -0.15) is 0 Å². The largest absolute Gasteiger partial charge is 0.492 e. The molecule has 5 aliphatic heterocycles. The lowest BCUT2D eigenvalue weighted by atomic mass is 9.60. The normalized spacial score (nSPS) is 26.3. The van der Waals surface area contributed by atoms with Crippen LogP contribution in [-0.4, -0.2) is 60.4 Å². The van der Waals surface area contributed by atoms with Crippen molar-refractivity contribution >= 4 is 11.6 Å². The Hall–Kier alpha value is -5.90. The number of fused-ring (bicyclic) bond motifs is 6. The Morgan fingerprint density at radius 3 is 0.964 bits per heavy atom. The molecule has 0 aromatic heterocycles. The minimum Gasteiger partial charge on any atom is -0.492 e. The quantitative estimate of drug-likeness (QED) is 0.193. The van der Waals surface area contributed by atoms with Crippen molar-refractivity contribution in [1.82, 2.24) is 0 Å². The van der Waals surface area contributed by atoms with Crippen LogP contribution in [0.15, 0.2) is 59.7 Å². The van der Waals surface area contributed by atoms with Crippen LogP contribution < -0.4 is 37.9 Å². The van der Waals surface area contributed by atoms with Gasteiger partial charge < -0.3 is 37.9 Å². The van der Waals surface area contributed by atoms with Gasteiger partial charge in [0.25, 0.3) is 0 Å². The number of carbonyl (C=O) groups excluding carboxylic acids is 2. The van der Waals surface area contributed by atoms with Gasteiger partial charge in [0.1, 0.15) is 11.5 Å². The predicted molar refractivity (Wildman–Crippen MR) is 333 cm³/mol. The fourth-order valence-corrected chi connectivity index (χ4v) is 14.6. The van der Waals surface area contributed by atoms with Gasteiger partial charge in [0, 0.05) is 69.9 Å². The van der Waals surface area contributed by atoms with Gasteiger partial charge in [-0.25, -0.2) is 0 Å². The highest BCUT2D eigenvalue weighted by Gasteiger charge is 2.73. The third kappa shape index (κ3) is 8.55. The van der Waals surface area contributed by atoms with Gasteiger partial charge in [0.2, 0.25) is 34.3 Å². The maximum Gasteiger partial charge on any atom is 0.216 e. The average molecular weight is 1150 g/mol. The molecule has 0 radical (unpaired) electrons. The molecule has 6 atom stereocenters. The van der Waals surface area contributed by atoms with Gasteiger partial charge >= 0.3 is 0 Å². The van der Waals surface area contributed by atoms with Gasteiger partial charge in [0.05, 0.1) is 14.2 Å². The van der Waals surface area contributed by atoms with E-state index >= 15 is 9.59 Å². The van der Waals surface area contributed by atoms with Gasteiger partial charge in [0.15, 0.2) is 46.4 Å². The Balaban J connectivity index is 1.26. The summed E-state index contributed by atoms with van der Waals surface area (Å²) >= 11 is 0. The van der Waals surface area contributed by atoms with Crippen molar-refractivity contribution in [2.45, 2.75) is 259 Å². The highest BCUT2D eigenvalue weighted by Crippen LogP contribution is 2.65. The molecule has 4 aromatic carbocycles. The number of hydrogen-bond donors (Lipinski definition) is 0. The second-order valence-electron chi connectivity index (χ2n) is 34.0. The number of ketones is 2. The van der Waals surface area contributed by atoms with Crippen molar-refractivity contribution in [1.29, 1.82) is 0 Å². The Labute approximate surface area is 502 Å². The number of methoxy groups -OCH3 is 2. The monoisotopic (exact) mass is 1140 g/mol. The van der Waals surface area contributed by atoms with Crippen LogP contribution in [0.2, 0.25) is 0 Å². The summed E-state index contributed by atoms with van der Waals surface area (Å²) in [5.74, 6) is 4.03. The smallest absolute Gasteiger partial charge is 0.216 e. The lowest BCUT2D eigenvalue weighted by Crippen LogP contribution is -2.74. The van der Waals surface area contributed by atoms with Crippen molar-refractivity contribution in [3.8, 4) is 46.0 Å². The molecule has 4 unspecified atom stereocenters. The minimum absolute atomic E-state index is 0.145. The summed E-state index contributed by atoms with van der Waals surface area (Å²) in [6.07, 6.45) is 2.77. The molecule has 4 aromatic rings. The van der Waals surface area contributed by atoms with Crippen LogP contribution in [0.5, 0.6) is 46.0 Å². The lowest BCUT2D eigenvalue weighted by molar-refractivity contribution is -0.181. The standard InChI is InChI=1S/C74H96O10/c1-63(2,3)45-29-39-27-43-37-73(69(19,20)21)62(80-58-54(78-26)48(66(10,11)12)34-50(56(58)83-73)68(16,17)18)72(59(43)75)36-42-32-46(64(4,5)6)30-40(52(42)82-72)28-44-38-74(70(22,23)24)61(71(60(44)76)35-41(31-45)51(39)81-71)79-57-53(77-25)47(65(7,8)9)33-49(55(57)84-74)67(13,14)15/h29-34,37-38,61-62H,27-28,35-36H2,1-26H3/t61?,62?,71-,72+,73?,74?. The van der Waals surface area contributed by atoms with E-state index in [2.05, 4.69) is 215 Å². The molecular weight excluding hydrogens is 1050 g/mol. The van der Waals surface area contributed by atoms with E-state index in [1.165, 1.54) is 0 Å². The first-order valence-electron chi connectivity index (χ1n) is 30.7. The fraction of sp³-hybridized carbons (Fsp3) is 0.595. The van der Waals surface area contributed by atoms with E-state index in [-0.39, 0.29) is 58.9 Å². The van der Waals surface area contributed by atoms with E-state index in [0.29, 0.717) is 57.1 Å². The molecule has 10 nitrogen and oxygen atoms in total. The lowest BCUT2D eigenvalue weighted by Gasteiger charge is -2.57. The third-order valence-electron chi connectivity index (χ3n) is 19.6. The number of hydrogen-bond acceptors (Lipinski definition) is 10. The van der Waals surface area contributed by atoms with E-state index in [1.807, 2.05) is 0 Å². The second-order valence-corrected chi connectivity index (χ2v) is 34.0. The molecule has 0 fully saturated rings. The summed E-state index contributed by atoms with van der Waals surface area (Å²) in [6.45, 7) is 52.5. The van der Waals surface area contributed by atoms with Crippen LogP contribution in [0, 0.1) is 10.8 Å². The predicted octanol–water partition coefficient (Wildman–Crippen LogP) is 15.9. The Morgan fingerprint density at radius 2 is 0.690 bits per heavy atom. The van der Waals surface area contributed by atoms with Crippen LogP contribution in [0.3, 0.4) is 0 Å². The summed E-state index contributed by atoms with van der Waals surface area (Å²) in [6, 6.07) is 13.2. The molecule has 6 bridgehead atoms. The molecule has 84 heavy (non-hydrogen) atoms. The van der Waals surface area contributed by atoms with Crippen LogP contribution in [-0.2, 0) is 67.8 Å². The molecular formula is C74H96O10. The van der Waals surface area contributed by atoms with Gasteiger partial charge in [-0.3, -0.25) is 9.59 Å². The number of rotatable bonds is 2. The van der Waals surface area contributed by atoms with Gasteiger partial charge in [-0.05, 0) is 90.2 Å². The molecule has 0 saturated carbocycles. The number of ether oxygens (including phenoxy) is 8. The molecule has 2 aliphatic carbocycles. The van der Waals surface area contributed by atoms with E-state index < -0.39 is 56.3 Å². The number of benzene rings is 4. The summed E-state index contributed by atoms with van der Waals surface area (Å²) in [7, 11) is 3.37. The molecule has 2 spiro atoms. The van der Waals surface area contributed by atoms with Crippen molar-refractivity contribution < 1.29 is 47.5 Å². The SMILES string of the molecule is COc1c(C(C)(C)C)cc(C(C)(C)C)c2c1OC1C(C(C)(C)C)(C=C3Cc4cc(C(C)(C)C)cc5c4O[C@]4(C5)C(=O)C(=CC5(C(C)(C)C)Oc6c(C(C)(C)C)cc(C(C)(C)C)c(OC)c6OC54)Cc4cc(C(C)(C)C)cc5c4O[C@@]1(C5)C3=O)O2. The molecule has 0 N–H and O–H groups in total. The zero-order chi connectivity index (χ0) is 62.0. The van der Waals surface area contributed by atoms with Crippen molar-refractivity contribution in [3.05, 3.63) is 115 Å². The van der Waals surface area contributed by atoms with Crippen LogP contribution in [0.25, 0.3) is 0 Å². The summed E-state index contributed by atoms with van der Waals surface area (Å²) in [4.78, 5) is 33.7. The maximum atomic E-state index is 16.9. The summed E-state index contributed by atoms with van der Waals surface area (Å²) in [5.41, 5.74) is 0.801. The number of Topliss-reactive ketones (excluding diaryl/α,β-unsaturated/α-hetero) is 2. The van der Waals surface area contributed by atoms with Crippen molar-refractivity contribution in [2.24, 2.45) is 10.8 Å². The number of carbonyl (C=O) groups is 2. The van der Waals surface area contributed by atoms with Gasteiger partial charge in [-0.15, -0.1) is 0 Å². The Morgan fingerprint density at radius 1 is 0.381 bits per heavy atom. The van der Waals surface area contributed by atoms with Gasteiger partial charge in [-0.1, -0.05) is 190 Å². The third-order valence-corrected chi connectivity index (χ3v) is 19.6. The van der Waals surface area contributed by atoms with Crippen LogP contribution in [0.4, 0.5) is 0 Å². The molecule has 5 heterocycles. The Kier molecular flexibility index (Phi) is 12.7. The highest BCUT2D eigenvalue weighted by atomic mass is 16.6. The van der Waals surface area contributed by atoms with Crippen molar-refractivity contribution in [2.75, 3.05) is 14.2 Å². The summed E-state index contributed by atoms with van der Waals surface area (Å²) in [5, 5.41) is 0. The second kappa shape index (κ2) is 17.9. The Bertz CT molecular complexity index is 3330. The fourth-order valence-electron chi connectivity index (χ4n) is 14.6. The van der Waals surface area contributed by atoms with E-state index in [9.17, 15) is 0 Å².